The lowest BCUT2D eigenvalue weighted by atomic mass is 9.85. The molecule has 2 saturated carbocycles. The zero-order valence-corrected chi connectivity index (χ0v) is 10.6. The molecule has 0 aliphatic heterocycles. The fraction of sp³-hybridized carbons (Fsp3) is 1.00. The highest BCUT2D eigenvalue weighted by molar-refractivity contribution is 4.81. The van der Waals surface area contributed by atoms with Gasteiger partial charge in [-0.25, -0.2) is 0 Å². The van der Waals surface area contributed by atoms with Crippen molar-refractivity contribution in [2.75, 3.05) is 6.54 Å². The van der Waals surface area contributed by atoms with E-state index in [2.05, 4.69) is 12.2 Å². The quantitative estimate of drug-likeness (QED) is 0.771. The molecule has 3 unspecified atom stereocenters. The fourth-order valence-corrected chi connectivity index (χ4v) is 3.37. The van der Waals surface area contributed by atoms with Crippen LogP contribution in [-0.4, -0.2) is 23.8 Å². The molecule has 2 aliphatic rings. The first kappa shape index (κ1) is 12.4. The number of nitrogens with one attached hydrogen (secondary N) is 1. The maximum absolute atomic E-state index is 10.1. The first-order valence-electron chi connectivity index (χ1n) is 7.17. The Morgan fingerprint density at radius 1 is 1.12 bits per heavy atom. The molecule has 0 aromatic rings. The lowest BCUT2D eigenvalue weighted by Gasteiger charge is -2.27. The van der Waals surface area contributed by atoms with Gasteiger partial charge >= 0.3 is 0 Å². The Balaban J connectivity index is 1.64. The van der Waals surface area contributed by atoms with E-state index in [9.17, 15) is 5.11 Å². The van der Waals surface area contributed by atoms with E-state index in [0.29, 0.717) is 12.0 Å². The van der Waals surface area contributed by atoms with Crippen LogP contribution in [0, 0.1) is 11.8 Å². The third-order valence-electron chi connectivity index (χ3n) is 4.50. The van der Waals surface area contributed by atoms with Crippen molar-refractivity contribution in [3.63, 3.8) is 0 Å². The molecular weight excluding hydrogens is 198 g/mol. The highest BCUT2D eigenvalue weighted by Crippen LogP contribution is 2.27. The summed E-state index contributed by atoms with van der Waals surface area (Å²) >= 11 is 0. The van der Waals surface area contributed by atoms with E-state index in [1.165, 1.54) is 51.4 Å². The van der Waals surface area contributed by atoms with Crippen LogP contribution < -0.4 is 5.32 Å². The molecule has 0 radical (unpaired) electrons. The van der Waals surface area contributed by atoms with Crippen molar-refractivity contribution in [1.82, 2.24) is 5.32 Å². The SMILES string of the molecule is CC1CCC(NCC(O)C2CCCCC2)C1. The van der Waals surface area contributed by atoms with E-state index in [1.807, 2.05) is 0 Å². The summed E-state index contributed by atoms with van der Waals surface area (Å²) < 4.78 is 0. The fourth-order valence-electron chi connectivity index (χ4n) is 3.37. The first-order valence-corrected chi connectivity index (χ1v) is 7.17. The van der Waals surface area contributed by atoms with Gasteiger partial charge in [0.25, 0.3) is 0 Å². The van der Waals surface area contributed by atoms with Gasteiger partial charge in [0.15, 0.2) is 0 Å². The van der Waals surface area contributed by atoms with E-state index < -0.39 is 0 Å². The van der Waals surface area contributed by atoms with Crippen molar-refractivity contribution in [1.29, 1.82) is 0 Å². The van der Waals surface area contributed by atoms with Crippen molar-refractivity contribution in [2.24, 2.45) is 11.8 Å². The van der Waals surface area contributed by atoms with Crippen LogP contribution in [0.15, 0.2) is 0 Å². The smallest absolute Gasteiger partial charge is 0.0692 e. The van der Waals surface area contributed by atoms with Gasteiger partial charge in [-0.1, -0.05) is 26.2 Å². The molecule has 2 rings (SSSR count). The van der Waals surface area contributed by atoms with Crippen molar-refractivity contribution in [3.8, 4) is 0 Å². The minimum atomic E-state index is -0.101. The van der Waals surface area contributed by atoms with E-state index in [0.717, 1.165) is 12.5 Å². The molecule has 0 aromatic carbocycles. The first-order chi connectivity index (χ1) is 7.75. The Bertz CT molecular complexity index is 201. The van der Waals surface area contributed by atoms with Crippen LogP contribution in [0.5, 0.6) is 0 Å². The van der Waals surface area contributed by atoms with Crippen LogP contribution in [0.3, 0.4) is 0 Å². The molecule has 2 aliphatic carbocycles. The molecule has 2 N–H and O–H groups in total. The van der Waals surface area contributed by atoms with Crippen molar-refractivity contribution in [2.45, 2.75) is 70.4 Å². The summed E-state index contributed by atoms with van der Waals surface area (Å²) in [5.74, 6) is 1.45. The highest BCUT2D eigenvalue weighted by atomic mass is 16.3. The number of hydrogen-bond acceptors (Lipinski definition) is 2. The highest BCUT2D eigenvalue weighted by Gasteiger charge is 2.24. The molecule has 16 heavy (non-hydrogen) atoms. The summed E-state index contributed by atoms with van der Waals surface area (Å²) in [6, 6.07) is 0.674. The second kappa shape index (κ2) is 6.02. The summed E-state index contributed by atoms with van der Waals surface area (Å²) in [6.45, 7) is 3.15. The summed E-state index contributed by atoms with van der Waals surface area (Å²) in [5.41, 5.74) is 0. The second-order valence-electron chi connectivity index (χ2n) is 5.99. The van der Waals surface area contributed by atoms with Gasteiger partial charge in [-0.2, -0.15) is 0 Å². The summed E-state index contributed by atoms with van der Waals surface area (Å²) in [7, 11) is 0. The zero-order valence-electron chi connectivity index (χ0n) is 10.6. The molecular formula is C14H27NO. The summed E-state index contributed by atoms with van der Waals surface area (Å²) in [4.78, 5) is 0. The zero-order chi connectivity index (χ0) is 11.4. The Kier molecular flexibility index (Phi) is 4.66. The third kappa shape index (κ3) is 3.46. The molecule has 94 valence electrons. The number of rotatable bonds is 4. The molecule has 0 bridgehead atoms. The van der Waals surface area contributed by atoms with E-state index in [4.69, 9.17) is 0 Å². The molecule has 2 heteroatoms. The van der Waals surface area contributed by atoms with Gasteiger partial charge in [0, 0.05) is 12.6 Å². The van der Waals surface area contributed by atoms with Gasteiger partial charge in [0.05, 0.1) is 6.10 Å². The van der Waals surface area contributed by atoms with E-state index in [-0.39, 0.29) is 6.10 Å². The second-order valence-corrected chi connectivity index (χ2v) is 5.99. The van der Waals surface area contributed by atoms with Crippen LogP contribution >= 0.6 is 0 Å². The van der Waals surface area contributed by atoms with Crippen LogP contribution in [0.25, 0.3) is 0 Å². The predicted octanol–water partition coefficient (Wildman–Crippen LogP) is 2.71. The lowest BCUT2D eigenvalue weighted by Crippen LogP contribution is -2.38. The lowest BCUT2D eigenvalue weighted by molar-refractivity contribution is 0.0814. The predicted molar refractivity (Wildman–Crippen MR) is 67.4 cm³/mol. The number of aliphatic hydroxyl groups is 1. The molecule has 2 nitrogen and oxygen atoms in total. The van der Waals surface area contributed by atoms with Crippen molar-refractivity contribution in [3.05, 3.63) is 0 Å². The van der Waals surface area contributed by atoms with Gasteiger partial charge in [0.2, 0.25) is 0 Å². The molecule has 0 spiro atoms. The molecule has 2 fully saturated rings. The standard InChI is InChI=1S/C14H27NO/c1-11-7-8-13(9-11)15-10-14(16)12-5-3-2-4-6-12/h11-16H,2-10H2,1H3. The minimum Gasteiger partial charge on any atom is -0.392 e. The largest absolute Gasteiger partial charge is 0.392 e. The average Bonchev–Trinajstić information content (AvgIpc) is 2.73. The van der Waals surface area contributed by atoms with Crippen molar-refractivity contribution >= 4 is 0 Å². The van der Waals surface area contributed by atoms with E-state index in [1.54, 1.807) is 0 Å². The molecule has 3 atom stereocenters. The number of aliphatic hydroxyl groups excluding tert-OH is 1. The van der Waals surface area contributed by atoms with Gasteiger partial charge in [0.1, 0.15) is 0 Å². The van der Waals surface area contributed by atoms with Gasteiger partial charge in [-0.05, 0) is 43.9 Å². The normalized spacial score (nSPS) is 34.1. The molecule has 0 aromatic heterocycles. The van der Waals surface area contributed by atoms with Gasteiger partial charge < -0.3 is 10.4 Å². The number of hydrogen-bond donors (Lipinski definition) is 2. The average molecular weight is 225 g/mol. The van der Waals surface area contributed by atoms with Gasteiger partial charge in [-0.15, -0.1) is 0 Å². The van der Waals surface area contributed by atoms with Crippen LogP contribution in [0.4, 0.5) is 0 Å². The van der Waals surface area contributed by atoms with Crippen LogP contribution in [-0.2, 0) is 0 Å². The minimum absolute atomic E-state index is 0.101. The Labute approximate surface area is 99.8 Å². The topological polar surface area (TPSA) is 32.3 Å². The molecule has 0 heterocycles. The maximum Gasteiger partial charge on any atom is 0.0692 e. The maximum atomic E-state index is 10.1. The third-order valence-corrected chi connectivity index (χ3v) is 4.50. The Morgan fingerprint density at radius 2 is 1.88 bits per heavy atom. The van der Waals surface area contributed by atoms with E-state index >= 15 is 0 Å². The van der Waals surface area contributed by atoms with Crippen LogP contribution in [0.2, 0.25) is 0 Å². The molecule has 0 amide bonds. The Hall–Kier alpha value is -0.0800. The Morgan fingerprint density at radius 3 is 2.50 bits per heavy atom. The van der Waals surface area contributed by atoms with Crippen molar-refractivity contribution < 1.29 is 5.11 Å². The van der Waals surface area contributed by atoms with Gasteiger partial charge in [-0.3, -0.25) is 0 Å². The summed E-state index contributed by atoms with van der Waals surface area (Å²) in [5, 5.41) is 13.7. The summed E-state index contributed by atoms with van der Waals surface area (Å²) in [6.07, 6.45) is 10.4. The molecule has 0 saturated heterocycles. The van der Waals surface area contributed by atoms with Crippen LogP contribution in [0.1, 0.15) is 58.3 Å². The monoisotopic (exact) mass is 225 g/mol.